The molecule has 0 aromatic heterocycles. The van der Waals surface area contributed by atoms with Crippen molar-refractivity contribution in [3.63, 3.8) is 0 Å². The van der Waals surface area contributed by atoms with Crippen molar-refractivity contribution in [1.82, 2.24) is 0 Å². The SMILES string of the molecule is COC(=O)CCCCCCC[C@H]1[C@H]2CCC[C@H]2C=C[C@@H]1C. The van der Waals surface area contributed by atoms with Gasteiger partial charge >= 0.3 is 5.97 Å². The van der Waals surface area contributed by atoms with Crippen LogP contribution < -0.4 is 0 Å². The number of unbranched alkanes of at least 4 members (excludes halogenated alkanes) is 4. The third-order valence-electron chi connectivity index (χ3n) is 5.66. The van der Waals surface area contributed by atoms with E-state index in [0.29, 0.717) is 6.42 Å². The van der Waals surface area contributed by atoms with Crippen LogP contribution in [0.2, 0.25) is 0 Å². The zero-order chi connectivity index (χ0) is 15.1. The average molecular weight is 292 g/mol. The fourth-order valence-electron chi connectivity index (χ4n) is 4.40. The van der Waals surface area contributed by atoms with E-state index in [1.165, 1.54) is 58.5 Å². The van der Waals surface area contributed by atoms with Crippen LogP contribution >= 0.6 is 0 Å². The second-order valence-corrected chi connectivity index (χ2v) is 7.05. The van der Waals surface area contributed by atoms with E-state index in [4.69, 9.17) is 0 Å². The Morgan fingerprint density at radius 3 is 2.67 bits per heavy atom. The quantitative estimate of drug-likeness (QED) is 0.352. The van der Waals surface area contributed by atoms with Crippen molar-refractivity contribution in [2.75, 3.05) is 7.11 Å². The molecular formula is C19H32O2. The molecule has 0 amide bonds. The molecule has 0 unspecified atom stereocenters. The van der Waals surface area contributed by atoms with Crippen molar-refractivity contribution in [1.29, 1.82) is 0 Å². The number of carbonyl (C=O) groups excluding carboxylic acids is 1. The van der Waals surface area contributed by atoms with Crippen LogP contribution in [0.15, 0.2) is 12.2 Å². The highest BCUT2D eigenvalue weighted by molar-refractivity contribution is 5.68. The predicted octanol–water partition coefficient (Wildman–Crippen LogP) is 5.13. The molecule has 0 aromatic carbocycles. The first-order valence-electron chi connectivity index (χ1n) is 8.97. The standard InChI is InChI=1S/C19H32O2/c1-15-13-14-16-9-8-11-18(16)17(15)10-6-4-3-5-7-12-19(20)21-2/h13-18H,3-12H2,1-2H3/t15-,16-,17+,18-/m0/s1. The van der Waals surface area contributed by atoms with Crippen LogP contribution in [0.4, 0.5) is 0 Å². The lowest BCUT2D eigenvalue weighted by Crippen LogP contribution is -2.26. The van der Waals surface area contributed by atoms with Crippen LogP contribution in [0.3, 0.4) is 0 Å². The number of hydrogen-bond donors (Lipinski definition) is 0. The highest BCUT2D eigenvalue weighted by Gasteiger charge is 2.36. The molecule has 1 fully saturated rings. The smallest absolute Gasteiger partial charge is 0.305 e. The van der Waals surface area contributed by atoms with E-state index in [0.717, 1.165) is 30.1 Å². The van der Waals surface area contributed by atoms with Crippen molar-refractivity contribution >= 4 is 5.97 Å². The fourth-order valence-corrected chi connectivity index (χ4v) is 4.40. The van der Waals surface area contributed by atoms with Gasteiger partial charge in [0.25, 0.3) is 0 Å². The molecule has 0 spiro atoms. The molecular weight excluding hydrogens is 260 g/mol. The lowest BCUT2D eigenvalue weighted by molar-refractivity contribution is -0.140. The van der Waals surface area contributed by atoms with Gasteiger partial charge in [0.1, 0.15) is 0 Å². The molecule has 0 heterocycles. The Hall–Kier alpha value is -0.790. The number of esters is 1. The summed E-state index contributed by atoms with van der Waals surface area (Å²) in [5.74, 6) is 3.52. The van der Waals surface area contributed by atoms with Crippen molar-refractivity contribution in [2.45, 2.75) is 71.1 Å². The summed E-state index contributed by atoms with van der Waals surface area (Å²) in [4.78, 5) is 11.0. The Labute approximate surface area is 130 Å². The number of rotatable bonds is 8. The molecule has 4 atom stereocenters. The van der Waals surface area contributed by atoms with Gasteiger partial charge in [0.2, 0.25) is 0 Å². The number of hydrogen-bond acceptors (Lipinski definition) is 2. The fraction of sp³-hybridized carbons (Fsp3) is 0.842. The molecule has 2 nitrogen and oxygen atoms in total. The predicted molar refractivity (Wildman–Crippen MR) is 87.0 cm³/mol. The summed E-state index contributed by atoms with van der Waals surface area (Å²) in [6.45, 7) is 2.41. The molecule has 0 radical (unpaired) electrons. The molecule has 0 aliphatic heterocycles. The van der Waals surface area contributed by atoms with Crippen molar-refractivity contribution in [2.24, 2.45) is 23.7 Å². The molecule has 2 heteroatoms. The third-order valence-corrected chi connectivity index (χ3v) is 5.66. The Morgan fingerprint density at radius 1 is 1.10 bits per heavy atom. The Balaban J connectivity index is 1.58. The molecule has 2 aliphatic carbocycles. The minimum absolute atomic E-state index is 0.0647. The van der Waals surface area contributed by atoms with Gasteiger partial charge in [-0.3, -0.25) is 4.79 Å². The van der Waals surface area contributed by atoms with Crippen LogP contribution in [0.5, 0.6) is 0 Å². The summed E-state index contributed by atoms with van der Waals surface area (Å²) in [5.41, 5.74) is 0. The average Bonchev–Trinajstić information content (AvgIpc) is 2.96. The monoisotopic (exact) mass is 292 g/mol. The summed E-state index contributed by atoms with van der Waals surface area (Å²) in [7, 11) is 1.47. The summed E-state index contributed by atoms with van der Waals surface area (Å²) < 4.78 is 4.66. The molecule has 120 valence electrons. The molecule has 0 aromatic rings. The van der Waals surface area contributed by atoms with Gasteiger partial charge in [0.15, 0.2) is 0 Å². The van der Waals surface area contributed by atoms with E-state index < -0.39 is 0 Å². The number of fused-ring (bicyclic) bond motifs is 1. The largest absolute Gasteiger partial charge is 0.469 e. The first-order valence-corrected chi connectivity index (χ1v) is 8.97. The normalized spacial score (nSPS) is 31.1. The maximum Gasteiger partial charge on any atom is 0.305 e. The molecule has 2 rings (SSSR count). The topological polar surface area (TPSA) is 26.3 Å². The van der Waals surface area contributed by atoms with Gasteiger partial charge in [0.05, 0.1) is 7.11 Å². The Morgan fingerprint density at radius 2 is 1.86 bits per heavy atom. The van der Waals surface area contributed by atoms with Crippen LogP contribution in [-0.2, 0) is 9.53 Å². The highest BCUT2D eigenvalue weighted by Crippen LogP contribution is 2.46. The van der Waals surface area contributed by atoms with E-state index in [1.807, 2.05) is 0 Å². The van der Waals surface area contributed by atoms with Crippen LogP contribution in [0, 0.1) is 23.7 Å². The summed E-state index contributed by atoms with van der Waals surface area (Å²) in [6.07, 6.45) is 17.4. The zero-order valence-electron chi connectivity index (χ0n) is 13.9. The highest BCUT2D eigenvalue weighted by atomic mass is 16.5. The molecule has 0 bridgehead atoms. The van der Waals surface area contributed by atoms with E-state index in [9.17, 15) is 4.79 Å². The van der Waals surface area contributed by atoms with Gasteiger partial charge in [-0.2, -0.15) is 0 Å². The first kappa shape index (κ1) is 16.6. The van der Waals surface area contributed by atoms with Gasteiger partial charge < -0.3 is 4.74 Å². The molecule has 0 N–H and O–H groups in total. The van der Waals surface area contributed by atoms with Crippen molar-refractivity contribution < 1.29 is 9.53 Å². The van der Waals surface area contributed by atoms with E-state index in [-0.39, 0.29) is 5.97 Å². The molecule has 0 saturated heterocycles. The van der Waals surface area contributed by atoms with Gasteiger partial charge in [-0.05, 0) is 49.4 Å². The number of ether oxygens (including phenoxy) is 1. The molecule has 21 heavy (non-hydrogen) atoms. The number of allylic oxidation sites excluding steroid dienone is 2. The van der Waals surface area contributed by atoms with Gasteiger partial charge in [-0.1, -0.05) is 51.2 Å². The first-order chi connectivity index (χ1) is 10.2. The second kappa shape index (κ2) is 8.60. The lowest BCUT2D eigenvalue weighted by Gasteiger charge is -2.35. The van der Waals surface area contributed by atoms with E-state index >= 15 is 0 Å². The minimum atomic E-state index is -0.0647. The maximum absolute atomic E-state index is 11.0. The summed E-state index contributed by atoms with van der Waals surface area (Å²) in [6, 6.07) is 0. The lowest BCUT2D eigenvalue weighted by atomic mass is 9.70. The van der Waals surface area contributed by atoms with Gasteiger partial charge in [0, 0.05) is 6.42 Å². The van der Waals surface area contributed by atoms with E-state index in [2.05, 4.69) is 23.8 Å². The number of carbonyl (C=O) groups is 1. The minimum Gasteiger partial charge on any atom is -0.469 e. The van der Waals surface area contributed by atoms with Crippen LogP contribution in [-0.4, -0.2) is 13.1 Å². The van der Waals surface area contributed by atoms with E-state index in [1.54, 1.807) is 0 Å². The summed E-state index contributed by atoms with van der Waals surface area (Å²) in [5, 5.41) is 0. The second-order valence-electron chi connectivity index (χ2n) is 7.05. The van der Waals surface area contributed by atoms with Crippen LogP contribution in [0.1, 0.15) is 71.1 Å². The number of methoxy groups -OCH3 is 1. The van der Waals surface area contributed by atoms with Crippen molar-refractivity contribution in [3.05, 3.63) is 12.2 Å². The van der Waals surface area contributed by atoms with Crippen molar-refractivity contribution in [3.8, 4) is 0 Å². The Kier molecular flexibility index (Phi) is 6.79. The molecule has 2 aliphatic rings. The van der Waals surface area contributed by atoms with Crippen LogP contribution in [0.25, 0.3) is 0 Å². The maximum atomic E-state index is 11.0. The Bertz CT molecular complexity index is 347. The van der Waals surface area contributed by atoms with Gasteiger partial charge in [-0.15, -0.1) is 0 Å². The third kappa shape index (κ3) is 4.86. The zero-order valence-corrected chi connectivity index (χ0v) is 13.9. The summed E-state index contributed by atoms with van der Waals surface area (Å²) >= 11 is 0. The van der Waals surface area contributed by atoms with Gasteiger partial charge in [-0.25, -0.2) is 0 Å². The molecule has 1 saturated carbocycles.